The van der Waals surface area contributed by atoms with Crippen molar-refractivity contribution >= 4 is 17.5 Å². The van der Waals surface area contributed by atoms with Crippen molar-refractivity contribution in [1.29, 1.82) is 0 Å². The Bertz CT molecular complexity index is 867. The number of nitrogen functional groups attached to an aromatic ring is 1. The van der Waals surface area contributed by atoms with E-state index in [4.69, 9.17) is 22.1 Å². The van der Waals surface area contributed by atoms with Crippen LogP contribution in [0.15, 0.2) is 60.7 Å². The zero-order valence-electron chi connectivity index (χ0n) is 15.2. The summed E-state index contributed by atoms with van der Waals surface area (Å²) in [5, 5.41) is -0.104. The zero-order chi connectivity index (χ0) is 20.7. The summed E-state index contributed by atoms with van der Waals surface area (Å²) < 4.78 is 45.5. The molecule has 0 amide bonds. The highest BCUT2D eigenvalue weighted by Gasteiger charge is 2.43. The van der Waals surface area contributed by atoms with E-state index in [0.717, 1.165) is 17.2 Å². The van der Waals surface area contributed by atoms with Crippen LogP contribution >= 0.6 is 11.6 Å². The van der Waals surface area contributed by atoms with Crippen molar-refractivity contribution in [1.82, 2.24) is 9.97 Å². The monoisotopic (exact) mass is 409 g/mol. The molecular formula is C20H19ClF3N3O. The lowest BCUT2D eigenvalue weighted by Crippen LogP contribution is -2.26. The van der Waals surface area contributed by atoms with Crippen LogP contribution in [0.1, 0.15) is 25.5 Å². The Morgan fingerprint density at radius 3 is 2.04 bits per heavy atom. The second-order valence-corrected chi connectivity index (χ2v) is 5.80. The molecule has 0 fully saturated rings. The molecule has 8 heteroatoms. The number of ether oxygens (including phenoxy) is 1. The fraction of sp³-hybridized carbons (Fsp3) is 0.200. The van der Waals surface area contributed by atoms with Crippen molar-refractivity contribution in [3.05, 3.63) is 71.4 Å². The second-order valence-electron chi connectivity index (χ2n) is 5.41. The quantitative estimate of drug-likeness (QED) is 0.530. The molecule has 1 aromatic heterocycles. The van der Waals surface area contributed by atoms with Crippen LogP contribution in [0.2, 0.25) is 5.15 Å². The molecule has 0 saturated carbocycles. The highest BCUT2D eigenvalue weighted by Crippen LogP contribution is 2.37. The third-order valence-corrected chi connectivity index (χ3v) is 3.74. The van der Waals surface area contributed by atoms with Crippen molar-refractivity contribution < 1.29 is 17.9 Å². The average Bonchev–Trinajstić information content (AvgIpc) is 2.67. The molecule has 2 aromatic carbocycles. The van der Waals surface area contributed by atoms with Gasteiger partial charge < -0.3 is 10.5 Å². The van der Waals surface area contributed by atoms with Crippen molar-refractivity contribution in [2.75, 3.05) is 5.73 Å². The smallest absolute Gasteiger partial charge is 0.429 e. The third kappa shape index (κ3) is 5.60. The summed E-state index contributed by atoms with van der Waals surface area (Å²) in [6.45, 7) is 4.00. The lowest BCUT2D eigenvalue weighted by Gasteiger charge is -2.22. The number of hydrogen-bond donors (Lipinski definition) is 1. The molecule has 0 spiro atoms. The molecule has 28 heavy (non-hydrogen) atoms. The normalized spacial score (nSPS) is 11.9. The summed E-state index contributed by atoms with van der Waals surface area (Å²) in [6.07, 6.45) is -6.86. The Hall–Kier alpha value is -2.80. The molecule has 0 radical (unpaired) electrons. The van der Waals surface area contributed by atoms with Gasteiger partial charge in [0.2, 0.25) is 17.9 Å². The van der Waals surface area contributed by atoms with E-state index in [1.807, 2.05) is 44.2 Å². The number of nitrogens with zero attached hydrogens (tertiary/aromatic N) is 2. The van der Waals surface area contributed by atoms with Gasteiger partial charge in [-0.15, -0.1) is 0 Å². The predicted octanol–water partition coefficient (Wildman–Crippen LogP) is 6.09. The Morgan fingerprint density at radius 1 is 0.929 bits per heavy atom. The number of rotatable bonds is 4. The van der Waals surface area contributed by atoms with Gasteiger partial charge in [-0.1, -0.05) is 80.0 Å². The SMILES string of the molecule is CC.Nc1nc(Cl)cc(OC(c2ccc(-c3ccccc3)cc2)C(F)(F)F)n1. The summed E-state index contributed by atoms with van der Waals surface area (Å²) in [7, 11) is 0. The van der Waals surface area contributed by atoms with E-state index in [-0.39, 0.29) is 22.5 Å². The van der Waals surface area contributed by atoms with Crippen molar-refractivity contribution in [2.24, 2.45) is 0 Å². The van der Waals surface area contributed by atoms with Gasteiger partial charge in [-0.05, 0) is 11.1 Å². The third-order valence-electron chi connectivity index (χ3n) is 3.55. The molecule has 0 saturated heterocycles. The van der Waals surface area contributed by atoms with Gasteiger partial charge in [-0.3, -0.25) is 0 Å². The zero-order valence-corrected chi connectivity index (χ0v) is 16.0. The van der Waals surface area contributed by atoms with Crippen LogP contribution in [-0.4, -0.2) is 16.1 Å². The Balaban J connectivity index is 0.00000136. The van der Waals surface area contributed by atoms with Crippen molar-refractivity contribution in [2.45, 2.75) is 26.1 Å². The fourth-order valence-corrected chi connectivity index (χ4v) is 2.58. The van der Waals surface area contributed by atoms with Crippen LogP contribution in [-0.2, 0) is 0 Å². The first-order chi connectivity index (χ1) is 13.3. The van der Waals surface area contributed by atoms with Crippen LogP contribution in [0.5, 0.6) is 5.88 Å². The van der Waals surface area contributed by atoms with E-state index in [2.05, 4.69) is 9.97 Å². The molecular weight excluding hydrogens is 391 g/mol. The lowest BCUT2D eigenvalue weighted by atomic mass is 10.0. The molecule has 4 nitrogen and oxygen atoms in total. The van der Waals surface area contributed by atoms with Gasteiger partial charge in [-0.25, -0.2) is 4.98 Å². The highest BCUT2D eigenvalue weighted by atomic mass is 35.5. The Kier molecular flexibility index (Phi) is 7.23. The second kappa shape index (κ2) is 9.41. The molecule has 1 atom stereocenters. The van der Waals surface area contributed by atoms with Gasteiger partial charge in [0.05, 0.1) is 0 Å². The molecule has 0 aliphatic carbocycles. The van der Waals surface area contributed by atoms with Gasteiger partial charge in [0.25, 0.3) is 0 Å². The molecule has 1 heterocycles. The standard InChI is InChI=1S/C18H13ClF3N3O.C2H6/c19-14-10-15(25-17(23)24-14)26-16(18(20,21)22)13-8-6-12(7-9-13)11-4-2-1-3-5-11;1-2/h1-10,16H,(H2,23,24,25);1-2H3. The summed E-state index contributed by atoms with van der Waals surface area (Å²) in [5.41, 5.74) is 7.03. The van der Waals surface area contributed by atoms with Crippen LogP contribution in [0.25, 0.3) is 11.1 Å². The topological polar surface area (TPSA) is 61.0 Å². The lowest BCUT2D eigenvalue weighted by molar-refractivity contribution is -0.198. The molecule has 1 unspecified atom stereocenters. The molecule has 3 aromatic rings. The summed E-state index contributed by atoms with van der Waals surface area (Å²) in [4.78, 5) is 7.23. The van der Waals surface area contributed by atoms with Gasteiger partial charge in [-0.2, -0.15) is 18.2 Å². The van der Waals surface area contributed by atoms with Gasteiger partial charge >= 0.3 is 6.18 Å². The van der Waals surface area contributed by atoms with E-state index in [1.54, 1.807) is 12.1 Å². The van der Waals surface area contributed by atoms with E-state index in [9.17, 15) is 13.2 Å². The summed E-state index contributed by atoms with van der Waals surface area (Å²) >= 11 is 5.69. The highest BCUT2D eigenvalue weighted by molar-refractivity contribution is 6.29. The van der Waals surface area contributed by atoms with Crippen LogP contribution in [0.4, 0.5) is 19.1 Å². The van der Waals surface area contributed by atoms with Gasteiger partial charge in [0.1, 0.15) is 5.15 Å². The Labute approximate surface area is 166 Å². The van der Waals surface area contributed by atoms with Crippen LogP contribution in [0, 0.1) is 0 Å². The summed E-state index contributed by atoms with van der Waals surface area (Å²) in [6, 6.07) is 16.3. The molecule has 3 rings (SSSR count). The first-order valence-corrected chi connectivity index (χ1v) is 8.89. The largest absolute Gasteiger partial charge is 0.460 e. The number of alkyl halides is 3. The first kappa shape index (κ1) is 21.5. The molecule has 0 bridgehead atoms. The van der Waals surface area contributed by atoms with Gasteiger partial charge in [0.15, 0.2) is 0 Å². The molecule has 0 aliphatic heterocycles. The maximum Gasteiger partial charge on any atom is 0.429 e. The number of benzene rings is 2. The minimum Gasteiger partial charge on any atom is -0.460 e. The fourth-order valence-electron chi connectivity index (χ4n) is 2.40. The van der Waals surface area contributed by atoms with E-state index >= 15 is 0 Å². The Morgan fingerprint density at radius 2 is 1.50 bits per heavy atom. The van der Waals surface area contributed by atoms with E-state index in [1.165, 1.54) is 12.1 Å². The number of aromatic nitrogens is 2. The molecule has 2 N–H and O–H groups in total. The maximum absolute atomic E-state index is 13.5. The molecule has 148 valence electrons. The van der Waals surface area contributed by atoms with Gasteiger partial charge in [0, 0.05) is 11.6 Å². The number of halogens is 4. The van der Waals surface area contributed by atoms with E-state index in [0.29, 0.717) is 0 Å². The number of nitrogens with two attached hydrogens (primary N) is 1. The maximum atomic E-state index is 13.5. The minimum absolute atomic E-state index is 0.0644. The predicted molar refractivity (Wildman–Crippen MR) is 104 cm³/mol. The van der Waals surface area contributed by atoms with E-state index < -0.39 is 12.3 Å². The first-order valence-electron chi connectivity index (χ1n) is 8.52. The number of anilines is 1. The minimum atomic E-state index is -4.65. The van der Waals surface area contributed by atoms with Crippen molar-refractivity contribution in [3.63, 3.8) is 0 Å². The van der Waals surface area contributed by atoms with Crippen LogP contribution in [0.3, 0.4) is 0 Å². The average molecular weight is 410 g/mol. The summed E-state index contributed by atoms with van der Waals surface area (Å²) in [5.74, 6) is -0.621. The van der Waals surface area contributed by atoms with Crippen LogP contribution < -0.4 is 10.5 Å². The molecule has 0 aliphatic rings. The van der Waals surface area contributed by atoms with Crippen molar-refractivity contribution in [3.8, 4) is 17.0 Å². The number of hydrogen-bond acceptors (Lipinski definition) is 4.